The minimum Gasteiger partial charge on any atom is -0.338 e. The summed E-state index contributed by atoms with van der Waals surface area (Å²) in [5, 5.41) is 5.96. The predicted molar refractivity (Wildman–Crippen MR) is 179 cm³/mol. The van der Waals surface area contributed by atoms with Crippen molar-refractivity contribution in [2.75, 3.05) is 23.1 Å². The molecule has 2 aliphatic rings. The third-order valence-corrected chi connectivity index (χ3v) is 7.45. The van der Waals surface area contributed by atoms with Crippen LogP contribution in [0.2, 0.25) is 0 Å². The molecule has 2 aromatic heterocycles. The second-order valence-electron chi connectivity index (χ2n) is 11.2. The van der Waals surface area contributed by atoms with E-state index in [0.717, 1.165) is 18.4 Å². The number of hydrogen-bond acceptors (Lipinski definition) is 6. The molecule has 10 nitrogen and oxygen atoms in total. The lowest BCUT2D eigenvalue weighted by atomic mass is 10.1. The number of pyridine rings is 1. The first kappa shape index (κ1) is 33.6. The van der Waals surface area contributed by atoms with Gasteiger partial charge in [-0.05, 0) is 75.4 Å². The molecular weight excluding hydrogens is 597 g/mol. The molecule has 6 rings (SSSR count). The molecule has 1 amide bonds. The van der Waals surface area contributed by atoms with E-state index >= 15 is 0 Å². The van der Waals surface area contributed by atoms with Crippen molar-refractivity contribution in [3.63, 3.8) is 0 Å². The van der Waals surface area contributed by atoms with Crippen LogP contribution in [0.1, 0.15) is 56.7 Å². The van der Waals surface area contributed by atoms with Gasteiger partial charge in [0.25, 0.3) is 11.1 Å². The van der Waals surface area contributed by atoms with E-state index in [1.165, 1.54) is 26.8 Å². The molecular formula is C33H40FN5O5S. The molecule has 0 unspecified atom stereocenters. The zero-order valence-corrected chi connectivity index (χ0v) is 27.5. The number of nitrogens with zero attached hydrogens (tertiary/aromatic N) is 3. The normalized spacial score (nSPS) is 13.9. The van der Waals surface area contributed by atoms with Crippen LogP contribution >= 0.6 is 0 Å². The number of carbonyl (C=O) groups is 1. The number of aryl methyl sites for hydroxylation is 2. The number of hydrogen-bond donors (Lipinski definition) is 2. The van der Waals surface area contributed by atoms with Crippen LogP contribution in [0, 0.1) is 25.6 Å². The fraction of sp³-hybridized carbons (Fsp3) is 0.394. The first-order valence-electron chi connectivity index (χ1n) is 15.0. The van der Waals surface area contributed by atoms with Crippen LogP contribution in [-0.4, -0.2) is 36.3 Å². The summed E-state index contributed by atoms with van der Waals surface area (Å²) in [4.78, 5) is 53.6. The van der Waals surface area contributed by atoms with Crippen LogP contribution in [-0.2, 0) is 22.6 Å². The number of benzene rings is 2. The maximum absolute atomic E-state index is 14.9. The summed E-state index contributed by atoms with van der Waals surface area (Å²) in [5.74, 6) is -0.528. The maximum atomic E-state index is 14.9. The molecule has 4 aromatic rings. The minimum absolute atomic E-state index is 0.00458. The number of halogens is 1. The van der Waals surface area contributed by atoms with Gasteiger partial charge in [-0.15, -0.1) is 0 Å². The summed E-state index contributed by atoms with van der Waals surface area (Å²) < 4.78 is 28.3. The number of carbonyl (C=O) groups excluding carboxylic acids is 1. The van der Waals surface area contributed by atoms with Gasteiger partial charge in [0, 0.05) is 53.6 Å². The molecule has 45 heavy (non-hydrogen) atoms. The van der Waals surface area contributed by atoms with Crippen molar-refractivity contribution >= 4 is 44.8 Å². The Bertz CT molecular complexity index is 1970. The average Bonchev–Trinajstić information content (AvgIpc) is 3.91. The molecule has 240 valence electrons. The quantitative estimate of drug-likeness (QED) is 0.305. The van der Waals surface area contributed by atoms with Gasteiger partial charge in [0.05, 0.1) is 16.9 Å². The zero-order valence-electron chi connectivity index (χ0n) is 26.7. The fourth-order valence-corrected chi connectivity index (χ4v) is 5.02. The molecule has 0 bridgehead atoms. The Morgan fingerprint density at radius 1 is 0.956 bits per heavy atom. The summed E-state index contributed by atoms with van der Waals surface area (Å²) >= 11 is 0. The highest BCUT2D eigenvalue weighted by atomic mass is 32.2. The number of anilines is 3. The molecule has 2 aromatic carbocycles. The van der Waals surface area contributed by atoms with Gasteiger partial charge in [0.15, 0.2) is 0 Å². The van der Waals surface area contributed by atoms with Crippen LogP contribution in [0.3, 0.4) is 0 Å². The first-order valence-corrected chi connectivity index (χ1v) is 17.0. The first-order chi connectivity index (χ1) is 21.4. The maximum Gasteiger partial charge on any atom is 0.336 e. The van der Waals surface area contributed by atoms with Crippen molar-refractivity contribution in [2.45, 2.75) is 59.4 Å². The summed E-state index contributed by atoms with van der Waals surface area (Å²) in [7, 11) is 0.896. The molecule has 0 saturated heterocycles. The highest BCUT2D eigenvalue weighted by Gasteiger charge is 2.32. The van der Waals surface area contributed by atoms with Crippen LogP contribution in [0.25, 0.3) is 16.6 Å². The van der Waals surface area contributed by atoms with Gasteiger partial charge in [-0.2, -0.15) is 0 Å². The van der Waals surface area contributed by atoms with Crippen molar-refractivity contribution in [1.29, 1.82) is 0 Å². The molecule has 2 heterocycles. The molecule has 2 N–H and O–H groups in total. The lowest BCUT2D eigenvalue weighted by molar-refractivity contribution is -0.117. The molecule has 2 fully saturated rings. The van der Waals surface area contributed by atoms with Crippen molar-refractivity contribution in [3.05, 3.63) is 90.6 Å². The summed E-state index contributed by atoms with van der Waals surface area (Å²) in [6.45, 7) is 7.33. The van der Waals surface area contributed by atoms with Gasteiger partial charge in [0.1, 0.15) is 17.0 Å². The number of amides is 1. The molecule has 0 radical (unpaired) electrons. The Kier molecular flexibility index (Phi) is 10.3. The standard InChI is InChI=1S/C29H28FN5O4.C2H6OS.C2H6/c1-15-7-12-22(21(30)13-15)32-25-23-24(16(2)27(37)33(25)3)34(29(39)35(28(23)38)19-10-11-19)20-6-4-5-18(14-20)31-26(36)17-8-9-17;1-4(2)3;1-2/h4-7,12-14,17,19,32H,8-11H2,1-3H3,(H,31,36);1-2H3;1-2H3. The van der Waals surface area contributed by atoms with E-state index in [0.29, 0.717) is 24.2 Å². The second kappa shape index (κ2) is 13.8. The van der Waals surface area contributed by atoms with E-state index < -0.39 is 33.4 Å². The van der Waals surface area contributed by atoms with E-state index in [1.807, 2.05) is 13.8 Å². The molecule has 0 spiro atoms. The van der Waals surface area contributed by atoms with Crippen LogP contribution in [0.5, 0.6) is 0 Å². The topological polar surface area (TPSA) is 124 Å². The Balaban J connectivity index is 0.000000713. The van der Waals surface area contributed by atoms with E-state index in [1.54, 1.807) is 62.8 Å². The van der Waals surface area contributed by atoms with Crippen LogP contribution < -0.4 is 27.4 Å². The average molecular weight is 638 g/mol. The van der Waals surface area contributed by atoms with Gasteiger partial charge >= 0.3 is 5.69 Å². The third kappa shape index (κ3) is 7.16. The van der Waals surface area contributed by atoms with Gasteiger partial charge in [-0.25, -0.2) is 9.18 Å². The summed E-state index contributed by atoms with van der Waals surface area (Å²) in [6.07, 6.45) is 6.33. The molecule has 0 atom stereocenters. The largest absolute Gasteiger partial charge is 0.338 e. The lowest BCUT2D eigenvalue weighted by Gasteiger charge is -2.21. The number of nitrogens with one attached hydrogen (secondary N) is 2. The van der Waals surface area contributed by atoms with E-state index in [4.69, 9.17) is 0 Å². The van der Waals surface area contributed by atoms with Crippen LogP contribution in [0.15, 0.2) is 56.8 Å². The highest BCUT2D eigenvalue weighted by Crippen LogP contribution is 2.34. The molecule has 2 saturated carbocycles. The van der Waals surface area contributed by atoms with Crippen molar-refractivity contribution < 1.29 is 13.4 Å². The number of aromatic nitrogens is 3. The number of fused-ring (bicyclic) bond motifs is 1. The lowest BCUT2D eigenvalue weighted by Crippen LogP contribution is -2.41. The fourth-order valence-electron chi connectivity index (χ4n) is 5.02. The van der Waals surface area contributed by atoms with E-state index in [2.05, 4.69) is 10.6 Å². The predicted octanol–water partition coefficient (Wildman–Crippen LogP) is 5.05. The van der Waals surface area contributed by atoms with Crippen molar-refractivity contribution in [2.24, 2.45) is 13.0 Å². The Labute approximate surface area is 263 Å². The monoisotopic (exact) mass is 637 g/mol. The van der Waals surface area contributed by atoms with Gasteiger partial charge in [0.2, 0.25) is 5.91 Å². The SMILES string of the molecule is CC.CS(C)=O.Cc1ccc(Nc2c3c(=O)n(C4CC4)c(=O)n(-c4cccc(NC(=O)C5CC5)c4)c3c(C)c(=O)n2C)c(F)c1. The van der Waals surface area contributed by atoms with E-state index in [-0.39, 0.29) is 45.8 Å². The van der Waals surface area contributed by atoms with Gasteiger partial charge < -0.3 is 10.6 Å². The Hall–Kier alpha value is -4.32. The highest BCUT2D eigenvalue weighted by molar-refractivity contribution is 7.83. The minimum atomic E-state index is -0.611. The van der Waals surface area contributed by atoms with Gasteiger partial charge in [-0.1, -0.05) is 26.0 Å². The second-order valence-corrected chi connectivity index (χ2v) is 12.7. The Morgan fingerprint density at radius 3 is 2.18 bits per heavy atom. The molecule has 2 aliphatic carbocycles. The van der Waals surface area contributed by atoms with Gasteiger partial charge in [-0.3, -0.25) is 32.3 Å². The zero-order chi connectivity index (χ0) is 33.2. The van der Waals surface area contributed by atoms with E-state index in [9.17, 15) is 27.8 Å². The number of rotatable bonds is 6. The molecule has 0 aliphatic heterocycles. The molecule has 12 heteroatoms. The summed E-state index contributed by atoms with van der Waals surface area (Å²) in [5.41, 5.74) is 0.530. The smallest absolute Gasteiger partial charge is 0.336 e. The van der Waals surface area contributed by atoms with Crippen molar-refractivity contribution in [3.8, 4) is 5.69 Å². The summed E-state index contributed by atoms with van der Waals surface area (Å²) in [6, 6.07) is 11.1. The van der Waals surface area contributed by atoms with Crippen LogP contribution in [0.4, 0.5) is 21.6 Å². The third-order valence-electron chi connectivity index (χ3n) is 7.45. The van der Waals surface area contributed by atoms with Crippen molar-refractivity contribution in [1.82, 2.24) is 13.7 Å². The Morgan fingerprint density at radius 2 is 1.60 bits per heavy atom.